The number of piperidine rings is 1. The van der Waals surface area contributed by atoms with Gasteiger partial charge in [-0.1, -0.05) is 12.8 Å². The van der Waals surface area contributed by atoms with Crippen LogP contribution in [0.1, 0.15) is 37.4 Å². The SMILES string of the molecule is C#CCC(=O)N1C[C@@H](C)C[C@@H](Nc2c(-c3nnc(C(C)=O)o3)cnc3[nH]ccc23)C1. The zero-order valence-electron chi connectivity index (χ0n) is 16.8. The maximum absolute atomic E-state index is 12.3. The van der Waals surface area contributed by atoms with Gasteiger partial charge in [0.2, 0.25) is 11.7 Å². The van der Waals surface area contributed by atoms with Crippen LogP contribution in [0.2, 0.25) is 0 Å². The Bertz CT molecular complexity index is 1140. The molecule has 9 heteroatoms. The highest BCUT2D eigenvalue weighted by atomic mass is 16.4. The van der Waals surface area contributed by atoms with Crippen LogP contribution in [-0.4, -0.2) is 55.9 Å². The van der Waals surface area contributed by atoms with Crippen molar-refractivity contribution in [2.75, 3.05) is 18.4 Å². The first kappa shape index (κ1) is 19.6. The van der Waals surface area contributed by atoms with Crippen molar-refractivity contribution in [3.8, 4) is 23.8 Å². The number of likely N-dealkylation sites (tertiary alicyclic amines) is 1. The predicted molar refractivity (Wildman–Crippen MR) is 111 cm³/mol. The second-order valence-electron chi connectivity index (χ2n) is 7.62. The molecule has 1 aliphatic rings. The Hall–Kier alpha value is -3.67. The topological polar surface area (TPSA) is 117 Å². The van der Waals surface area contributed by atoms with Gasteiger partial charge >= 0.3 is 0 Å². The molecule has 4 heterocycles. The molecule has 1 amide bonds. The average Bonchev–Trinajstić information content (AvgIpc) is 3.38. The second kappa shape index (κ2) is 7.99. The maximum Gasteiger partial charge on any atom is 0.283 e. The molecule has 30 heavy (non-hydrogen) atoms. The molecule has 1 saturated heterocycles. The largest absolute Gasteiger partial charge is 0.413 e. The van der Waals surface area contributed by atoms with E-state index in [1.165, 1.54) is 6.92 Å². The zero-order valence-corrected chi connectivity index (χ0v) is 16.8. The minimum absolute atomic E-state index is 0.00456. The third kappa shape index (κ3) is 3.76. The highest BCUT2D eigenvalue weighted by molar-refractivity contribution is 5.97. The Morgan fingerprint density at radius 2 is 2.23 bits per heavy atom. The van der Waals surface area contributed by atoms with Gasteiger partial charge in [-0.2, -0.15) is 0 Å². The highest BCUT2D eigenvalue weighted by Crippen LogP contribution is 2.34. The van der Waals surface area contributed by atoms with E-state index in [1.54, 1.807) is 17.3 Å². The Balaban J connectivity index is 1.69. The van der Waals surface area contributed by atoms with Crippen LogP contribution in [-0.2, 0) is 4.79 Å². The fourth-order valence-corrected chi connectivity index (χ4v) is 3.86. The number of anilines is 1. The Kier molecular flexibility index (Phi) is 5.23. The van der Waals surface area contributed by atoms with Crippen LogP contribution in [0.3, 0.4) is 0 Å². The number of carbonyl (C=O) groups is 2. The van der Waals surface area contributed by atoms with Gasteiger partial charge in [-0.15, -0.1) is 16.6 Å². The highest BCUT2D eigenvalue weighted by Gasteiger charge is 2.29. The van der Waals surface area contributed by atoms with Crippen molar-refractivity contribution >= 4 is 28.4 Å². The molecule has 3 aromatic rings. The summed E-state index contributed by atoms with van der Waals surface area (Å²) in [7, 11) is 0. The zero-order chi connectivity index (χ0) is 21.3. The number of aromatic amines is 1. The van der Waals surface area contributed by atoms with Crippen LogP contribution in [0.4, 0.5) is 5.69 Å². The molecular weight excluding hydrogens is 384 g/mol. The molecule has 2 N–H and O–H groups in total. The molecule has 9 nitrogen and oxygen atoms in total. The van der Waals surface area contributed by atoms with E-state index >= 15 is 0 Å². The molecule has 4 rings (SSSR count). The van der Waals surface area contributed by atoms with Crippen molar-refractivity contribution in [3.63, 3.8) is 0 Å². The summed E-state index contributed by atoms with van der Waals surface area (Å²) in [5.74, 6) is 2.56. The lowest BCUT2D eigenvalue weighted by atomic mass is 9.95. The summed E-state index contributed by atoms with van der Waals surface area (Å²) in [6.07, 6.45) is 9.73. The normalized spacial score (nSPS) is 18.9. The summed E-state index contributed by atoms with van der Waals surface area (Å²) in [5.41, 5.74) is 2.07. The van der Waals surface area contributed by atoms with Crippen molar-refractivity contribution in [3.05, 3.63) is 24.4 Å². The van der Waals surface area contributed by atoms with Crippen LogP contribution in [0, 0.1) is 18.3 Å². The number of amides is 1. The molecule has 3 aromatic heterocycles. The number of Topliss-reactive ketones (excluding diaryl/α,β-unsaturated/α-hetero) is 1. The molecule has 0 aliphatic carbocycles. The first-order chi connectivity index (χ1) is 14.5. The molecule has 0 saturated carbocycles. The maximum atomic E-state index is 12.3. The Morgan fingerprint density at radius 3 is 2.97 bits per heavy atom. The number of carbonyl (C=O) groups excluding carboxylic acids is 2. The summed E-state index contributed by atoms with van der Waals surface area (Å²) in [6, 6.07) is 1.91. The van der Waals surface area contributed by atoms with Crippen molar-refractivity contribution < 1.29 is 14.0 Å². The standard InChI is InChI=1S/C21H22N6O3/c1-4-5-17(29)27-10-12(2)8-14(11-27)24-18-15-6-7-22-19(15)23-9-16(18)21-26-25-20(30-21)13(3)28/h1,6-7,9,12,14H,5,8,10-11H2,2-3H3,(H2,22,23,24)/t12-,14+/m0/s1. The molecule has 0 aromatic carbocycles. The first-order valence-corrected chi connectivity index (χ1v) is 9.75. The lowest BCUT2D eigenvalue weighted by molar-refractivity contribution is -0.131. The van der Waals surface area contributed by atoms with Gasteiger partial charge in [0.25, 0.3) is 11.8 Å². The van der Waals surface area contributed by atoms with E-state index < -0.39 is 0 Å². The summed E-state index contributed by atoms with van der Waals surface area (Å²) < 4.78 is 5.55. The van der Waals surface area contributed by atoms with E-state index in [2.05, 4.69) is 38.3 Å². The van der Waals surface area contributed by atoms with Crippen LogP contribution < -0.4 is 5.32 Å². The van der Waals surface area contributed by atoms with E-state index in [0.29, 0.717) is 30.2 Å². The van der Waals surface area contributed by atoms with Crippen LogP contribution in [0.25, 0.3) is 22.5 Å². The summed E-state index contributed by atoms with van der Waals surface area (Å²) in [5, 5.41) is 12.2. The smallest absolute Gasteiger partial charge is 0.283 e. The van der Waals surface area contributed by atoms with Gasteiger partial charge in [0, 0.05) is 43.8 Å². The number of fused-ring (bicyclic) bond motifs is 1. The third-order valence-corrected chi connectivity index (χ3v) is 5.16. The number of hydrogen-bond acceptors (Lipinski definition) is 7. The number of ketones is 1. The number of aromatic nitrogens is 4. The van der Waals surface area contributed by atoms with E-state index in [0.717, 1.165) is 17.5 Å². The molecule has 2 atom stereocenters. The van der Waals surface area contributed by atoms with E-state index in [1.807, 2.05) is 6.07 Å². The average molecular weight is 406 g/mol. The minimum atomic E-state index is -0.303. The van der Waals surface area contributed by atoms with Crippen molar-refractivity contribution in [1.29, 1.82) is 0 Å². The van der Waals surface area contributed by atoms with Gasteiger partial charge in [0.1, 0.15) is 5.65 Å². The fourth-order valence-electron chi connectivity index (χ4n) is 3.86. The number of rotatable bonds is 5. The van der Waals surface area contributed by atoms with Gasteiger partial charge in [0.05, 0.1) is 17.7 Å². The van der Waals surface area contributed by atoms with Crippen molar-refractivity contribution in [1.82, 2.24) is 25.1 Å². The summed E-state index contributed by atoms with van der Waals surface area (Å²) in [6.45, 7) is 4.71. The fraction of sp³-hybridized carbons (Fsp3) is 0.381. The Morgan fingerprint density at radius 1 is 1.40 bits per heavy atom. The monoisotopic (exact) mass is 406 g/mol. The molecule has 154 valence electrons. The van der Waals surface area contributed by atoms with Crippen LogP contribution in [0.15, 0.2) is 22.9 Å². The molecule has 1 aliphatic heterocycles. The number of pyridine rings is 1. The van der Waals surface area contributed by atoms with Crippen molar-refractivity contribution in [2.45, 2.75) is 32.7 Å². The second-order valence-corrected chi connectivity index (χ2v) is 7.62. The quantitative estimate of drug-likeness (QED) is 0.494. The molecule has 0 spiro atoms. The van der Waals surface area contributed by atoms with Gasteiger partial charge < -0.3 is 19.6 Å². The lowest BCUT2D eigenvalue weighted by Crippen LogP contribution is -2.48. The van der Waals surface area contributed by atoms with Gasteiger partial charge in [-0.25, -0.2) is 4.98 Å². The van der Waals surface area contributed by atoms with Gasteiger partial charge in [-0.05, 0) is 18.4 Å². The van der Waals surface area contributed by atoms with Gasteiger partial charge in [-0.3, -0.25) is 9.59 Å². The number of hydrogen-bond donors (Lipinski definition) is 2. The summed E-state index contributed by atoms with van der Waals surface area (Å²) >= 11 is 0. The summed E-state index contributed by atoms with van der Waals surface area (Å²) in [4.78, 5) is 33.2. The van der Waals surface area contributed by atoms with Crippen molar-refractivity contribution in [2.24, 2.45) is 5.92 Å². The van der Waals surface area contributed by atoms with Crippen LogP contribution >= 0.6 is 0 Å². The van der Waals surface area contributed by atoms with E-state index in [-0.39, 0.29) is 35.9 Å². The molecule has 0 bridgehead atoms. The first-order valence-electron chi connectivity index (χ1n) is 9.75. The third-order valence-electron chi connectivity index (χ3n) is 5.16. The number of nitrogens with one attached hydrogen (secondary N) is 2. The number of nitrogens with zero attached hydrogens (tertiary/aromatic N) is 4. The lowest BCUT2D eigenvalue weighted by Gasteiger charge is -2.37. The van der Waals surface area contributed by atoms with Gasteiger partial charge in [0.15, 0.2) is 0 Å². The van der Waals surface area contributed by atoms with Crippen LogP contribution in [0.5, 0.6) is 0 Å². The molecule has 0 unspecified atom stereocenters. The van der Waals surface area contributed by atoms with E-state index in [4.69, 9.17) is 10.8 Å². The minimum Gasteiger partial charge on any atom is -0.413 e. The molecular formula is C21H22N6O3. The predicted octanol–water partition coefficient (Wildman–Crippen LogP) is 2.49. The number of terminal acetylenes is 1. The van der Waals surface area contributed by atoms with E-state index in [9.17, 15) is 9.59 Å². The Labute approximate surface area is 173 Å². The number of H-pyrrole nitrogens is 1. The molecule has 0 radical (unpaired) electrons. The molecule has 1 fully saturated rings.